The Kier molecular flexibility index (Phi) is 6.53. The lowest BCUT2D eigenvalue weighted by Crippen LogP contribution is -2.54. The van der Waals surface area contributed by atoms with E-state index in [1.165, 1.54) is 0 Å². The number of para-hydroxylation sites is 1. The smallest absolute Gasteiger partial charge is 0.317 e. The van der Waals surface area contributed by atoms with Gasteiger partial charge in [-0.2, -0.15) is 0 Å². The van der Waals surface area contributed by atoms with Crippen molar-refractivity contribution in [3.8, 4) is 11.5 Å². The maximum absolute atomic E-state index is 12.9. The molecule has 1 fully saturated rings. The van der Waals surface area contributed by atoms with Gasteiger partial charge in [-0.05, 0) is 48.6 Å². The third kappa shape index (κ3) is 4.98. The summed E-state index contributed by atoms with van der Waals surface area (Å²) < 4.78 is 10.9. The third-order valence-electron chi connectivity index (χ3n) is 6.52. The van der Waals surface area contributed by atoms with Crippen LogP contribution in [0.4, 0.5) is 4.79 Å². The van der Waals surface area contributed by atoms with Crippen molar-refractivity contribution >= 4 is 11.9 Å². The third-order valence-corrected chi connectivity index (χ3v) is 6.52. The van der Waals surface area contributed by atoms with Crippen LogP contribution in [0.3, 0.4) is 0 Å². The molecular formula is C25H31N3O4. The Balaban J connectivity index is 1.24. The summed E-state index contributed by atoms with van der Waals surface area (Å²) in [6, 6.07) is 15.5. The summed E-state index contributed by atoms with van der Waals surface area (Å²) in [6.45, 7) is 4.05. The van der Waals surface area contributed by atoms with E-state index in [4.69, 9.17) is 9.47 Å². The van der Waals surface area contributed by atoms with Crippen molar-refractivity contribution in [3.63, 3.8) is 0 Å². The van der Waals surface area contributed by atoms with Gasteiger partial charge in [0.05, 0.1) is 13.2 Å². The van der Waals surface area contributed by atoms with Crippen LogP contribution in [-0.4, -0.2) is 49.7 Å². The summed E-state index contributed by atoms with van der Waals surface area (Å²) in [6.07, 6.45) is 2.04. The predicted molar refractivity (Wildman–Crippen MR) is 122 cm³/mol. The molecule has 3 amide bonds. The van der Waals surface area contributed by atoms with Crippen LogP contribution in [0.15, 0.2) is 48.5 Å². The first-order valence-corrected chi connectivity index (χ1v) is 11.1. The lowest BCUT2D eigenvalue weighted by molar-refractivity contribution is -0.132. The molecule has 4 rings (SSSR count). The second-order valence-electron chi connectivity index (χ2n) is 8.85. The summed E-state index contributed by atoms with van der Waals surface area (Å²) in [5.41, 5.74) is 1.66. The number of urea groups is 1. The number of benzene rings is 2. The molecule has 2 aromatic rings. The van der Waals surface area contributed by atoms with Crippen molar-refractivity contribution < 1.29 is 19.1 Å². The van der Waals surface area contributed by atoms with Crippen LogP contribution < -0.4 is 20.1 Å². The van der Waals surface area contributed by atoms with E-state index in [9.17, 15) is 9.59 Å². The van der Waals surface area contributed by atoms with Gasteiger partial charge < -0.3 is 25.0 Å². The SMILES string of the molecule is COc1ccc(CNC(=O)C2(C)CCN(C(=O)N[C@@H]3COc4ccccc4C3)CC2)cc1. The zero-order valence-electron chi connectivity index (χ0n) is 18.7. The molecule has 0 bridgehead atoms. The number of carbonyl (C=O) groups is 2. The van der Waals surface area contributed by atoms with Crippen LogP contribution in [0.2, 0.25) is 0 Å². The first kappa shape index (κ1) is 22.0. The largest absolute Gasteiger partial charge is 0.497 e. The van der Waals surface area contributed by atoms with E-state index in [0.717, 1.165) is 29.0 Å². The highest BCUT2D eigenvalue weighted by atomic mass is 16.5. The molecule has 32 heavy (non-hydrogen) atoms. The first-order valence-electron chi connectivity index (χ1n) is 11.1. The number of hydrogen-bond acceptors (Lipinski definition) is 4. The van der Waals surface area contributed by atoms with Gasteiger partial charge >= 0.3 is 6.03 Å². The molecule has 2 N–H and O–H groups in total. The van der Waals surface area contributed by atoms with Crippen molar-refractivity contribution in [2.75, 3.05) is 26.8 Å². The minimum Gasteiger partial charge on any atom is -0.497 e. The molecule has 0 unspecified atom stereocenters. The van der Waals surface area contributed by atoms with Crippen LogP contribution >= 0.6 is 0 Å². The van der Waals surface area contributed by atoms with Crippen molar-refractivity contribution in [1.29, 1.82) is 0 Å². The molecule has 0 aromatic heterocycles. The Morgan fingerprint density at radius 3 is 2.56 bits per heavy atom. The van der Waals surface area contributed by atoms with E-state index in [-0.39, 0.29) is 18.0 Å². The lowest BCUT2D eigenvalue weighted by atomic mass is 9.79. The van der Waals surface area contributed by atoms with Crippen LogP contribution in [0, 0.1) is 5.41 Å². The maximum atomic E-state index is 12.9. The van der Waals surface area contributed by atoms with Gasteiger partial charge in [-0.3, -0.25) is 4.79 Å². The molecule has 2 aliphatic heterocycles. The number of rotatable bonds is 5. The van der Waals surface area contributed by atoms with Gasteiger partial charge in [-0.25, -0.2) is 4.79 Å². The average Bonchev–Trinajstić information content (AvgIpc) is 2.83. The van der Waals surface area contributed by atoms with Gasteiger partial charge in [0.1, 0.15) is 18.1 Å². The van der Waals surface area contributed by atoms with Crippen molar-refractivity contribution in [3.05, 3.63) is 59.7 Å². The van der Waals surface area contributed by atoms with Gasteiger partial charge in [-0.1, -0.05) is 37.3 Å². The number of hydrogen-bond donors (Lipinski definition) is 2. The fraction of sp³-hybridized carbons (Fsp3) is 0.440. The van der Waals surface area contributed by atoms with E-state index in [1.807, 2.05) is 55.5 Å². The Morgan fingerprint density at radius 1 is 1.12 bits per heavy atom. The molecule has 0 spiro atoms. The Hall–Kier alpha value is -3.22. The predicted octanol–water partition coefficient (Wildman–Crippen LogP) is 3.13. The van der Waals surface area contributed by atoms with Gasteiger partial charge in [0.25, 0.3) is 0 Å². The van der Waals surface area contributed by atoms with E-state index < -0.39 is 5.41 Å². The molecule has 2 heterocycles. The number of nitrogens with zero attached hydrogens (tertiary/aromatic N) is 1. The van der Waals surface area contributed by atoms with Crippen molar-refractivity contribution in [2.24, 2.45) is 5.41 Å². The van der Waals surface area contributed by atoms with Crippen LogP contribution in [-0.2, 0) is 17.8 Å². The number of fused-ring (bicyclic) bond motifs is 1. The molecule has 2 aromatic carbocycles. The van der Waals surface area contributed by atoms with Crippen LogP contribution in [0.5, 0.6) is 11.5 Å². The number of ether oxygens (including phenoxy) is 2. The summed E-state index contributed by atoms with van der Waals surface area (Å²) in [5, 5.41) is 6.14. The zero-order valence-corrected chi connectivity index (χ0v) is 18.7. The quantitative estimate of drug-likeness (QED) is 0.753. The topological polar surface area (TPSA) is 79.9 Å². The fourth-order valence-corrected chi connectivity index (χ4v) is 4.26. The Morgan fingerprint density at radius 2 is 1.84 bits per heavy atom. The van der Waals surface area contributed by atoms with Gasteiger partial charge in [0, 0.05) is 25.0 Å². The molecule has 7 nitrogen and oxygen atoms in total. The molecular weight excluding hydrogens is 406 g/mol. The summed E-state index contributed by atoms with van der Waals surface area (Å²) in [7, 11) is 1.63. The lowest BCUT2D eigenvalue weighted by Gasteiger charge is -2.39. The Labute approximate surface area is 189 Å². The number of piperidine rings is 1. The molecule has 1 atom stereocenters. The standard InChI is InChI=1S/C25H31N3O4/c1-25(23(29)26-16-18-7-9-21(31-2)10-8-18)11-13-28(14-12-25)24(30)27-20-15-19-5-3-4-6-22(19)32-17-20/h3-10,20H,11-17H2,1-2H3,(H,26,29)(H,27,30)/t20-/m0/s1. The number of nitrogens with one attached hydrogen (secondary N) is 2. The summed E-state index contributed by atoms with van der Waals surface area (Å²) in [5.74, 6) is 1.72. The highest BCUT2D eigenvalue weighted by Crippen LogP contribution is 2.31. The number of carbonyl (C=O) groups excluding carboxylic acids is 2. The van der Waals surface area contributed by atoms with Crippen molar-refractivity contribution in [2.45, 2.75) is 38.8 Å². The molecule has 0 aliphatic carbocycles. The van der Waals surface area contributed by atoms with E-state index in [0.29, 0.717) is 39.1 Å². The van der Waals surface area contributed by atoms with E-state index >= 15 is 0 Å². The molecule has 1 saturated heterocycles. The molecule has 0 radical (unpaired) electrons. The highest BCUT2D eigenvalue weighted by Gasteiger charge is 2.38. The summed E-state index contributed by atoms with van der Waals surface area (Å²) in [4.78, 5) is 27.4. The number of likely N-dealkylation sites (tertiary alicyclic amines) is 1. The van der Waals surface area contributed by atoms with E-state index in [2.05, 4.69) is 10.6 Å². The second-order valence-corrected chi connectivity index (χ2v) is 8.85. The zero-order chi connectivity index (χ0) is 22.6. The van der Waals surface area contributed by atoms with Crippen LogP contribution in [0.1, 0.15) is 30.9 Å². The minimum absolute atomic E-state index is 0.0330. The summed E-state index contributed by atoms with van der Waals surface area (Å²) >= 11 is 0. The maximum Gasteiger partial charge on any atom is 0.317 e. The second kappa shape index (κ2) is 9.51. The van der Waals surface area contributed by atoms with Crippen LogP contribution in [0.25, 0.3) is 0 Å². The van der Waals surface area contributed by atoms with Gasteiger partial charge in [-0.15, -0.1) is 0 Å². The molecule has 170 valence electrons. The van der Waals surface area contributed by atoms with Crippen molar-refractivity contribution in [1.82, 2.24) is 15.5 Å². The van der Waals surface area contributed by atoms with E-state index in [1.54, 1.807) is 12.0 Å². The normalized spacial score (nSPS) is 19.3. The average molecular weight is 438 g/mol. The molecule has 0 saturated carbocycles. The monoisotopic (exact) mass is 437 g/mol. The Bertz CT molecular complexity index is 952. The minimum atomic E-state index is -0.476. The first-order chi connectivity index (χ1) is 15.5. The highest BCUT2D eigenvalue weighted by molar-refractivity contribution is 5.83. The number of methoxy groups -OCH3 is 1. The van der Waals surface area contributed by atoms with Gasteiger partial charge in [0.15, 0.2) is 0 Å². The molecule has 7 heteroatoms. The van der Waals surface area contributed by atoms with Gasteiger partial charge in [0.2, 0.25) is 5.91 Å². The number of amides is 3. The molecule has 2 aliphatic rings. The fourth-order valence-electron chi connectivity index (χ4n) is 4.26.